The van der Waals surface area contributed by atoms with E-state index in [1.807, 2.05) is 18.2 Å². The van der Waals surface area contributed by atoms with Crippen LogP contribution in [0.3, 0.4) is 0 Å². The van der Waals surface area contributed by atoms with Crippen molar-refractivity contribution in [3.63, 3.8) is 0 Å². The molecule has 0 aliphatic rings. The van der Waals surface area contributed by atoms with Crippen molar-refractivity contribution in [1.29, 1.82) is 0 Å². The number of carbonyl (C=O) groups is 3. The summed E-state index contributed by atoms with van der Waals surface area (Å²) in [5, 5.41) is 8.51. The number of nitrogens with one attached hydrogen (secondary N) is 3. The number of hydrogen-bond donors (Lipinski definition) is 3. The first-order valence-electron chi connectivity index (χ1n) is 9.66. The van der Waals surface area contributed by atoms with E-state index in [0.29, 0.717) is 16.7 Å². The topological polar surface area (TPSA) is 87.3 Å². The molecule has 3 aromatic rings. The standard InChI is InChI=1S/C24H23N3O3/c28-22(18-10-4-1-5-11-18)25-16-21(27-24(30)20-14-8-3-9-15-20)17-26-23(29)19-12-6-2-7-13-19/h1-15,21H,16-17H2,(H,25,28)(H,26,29)(H,27,30). The van der Waals surface area contributed by atoms with Gasteiger partial charge in [0.25, 0.3) is 17.7 Å². The van der Waals surface area contributed by atoms with Crippen molar-refractivity contribution in [3.05, 3.63) is 108 Å². The summed E-state index contributed by atoms with van der Waals surface area (Å²) < 4.78 is 0. The van der Waals surface area contributed by atoms with Crippen LogP contribution >= 0.6 is 0 Å². The fraction of sp³-hybridized carbons (Fsp3) is 0.125. The van der Waals surface area contributed by atoms with Gasteiger partial charge in [0.1, 0.15) is 0 Å². The van der Waals surface area contributed by atoms with Gasteiger partial charge in [-0.2, -0.15) is 0 Å². The molecule has 6 nitrogen and oxygen atoms in total. The Kier molecular flexibility index (Phi) is 7.33. The minimum atomic E-state index is -0.488. The monoisotopic (exact) mass is 401 g/mol. The zero-order valence-electron chi connectivity index (χ0n) is 16.4. The van der Waals surface area contributed by atoms with E-state index in [-0.39, 0.29) is 30.8 Å². The van der Waals surface area contributed by atoms with E-state index in [9.17, 15) is 14.4 Å². The molecule has 0 fully saturated rings. The minimum Gasteiger partial charge on any atom is -0.350 e. The van der Waals surface area contributed by atoms with Crippen LogP contribution in [0.1, 0.15) is 31.1 Å². The van der Waals surface area contributed by atoms with Crippen molar-refractivity contribution in [1.82, 2.24) is 16.0 Å². The van der Waals surface area contributed by atoms with Gasteiger partial charge in [0.05, 0.1) is 6.04 Å². The van der Waals surface area contributed by atoms with Crippen LogP contribution in [0.4, 0.5) is 0 Å². The highest BCUT2D eigenvalue weighted by Gasteiger charge is 2.17. The van der Waals surface area contributed by atoms with Gasteiger partial charge in [0, 0.05) is 29.8 Å². The van der Waals surface area contributed by atoms with Crippen molar-refractivity contribution in [2.24, 2.45) is 0 Å². The Morgan fingerprint density at radius 1 is 0.533 bits per heavy atom. The van der Waals surface area contributed by atoms with Gasteiger partial charge in [-0.25, -0.2) is 0 Å². The molecule has 0 heterocycles. The smallest absolute Gasteiger partial charge is 0.251 e. The third-order valence-electron chi connectivity index (χ3n) is 4.46. The van der Waals surface area contributed by atoms with Gasteiger partial charge in [-0.05, 0) is 36.4 Å². The van der Waals surface area contributed by atoms with E-state index in [1.54, 1.807) is 72.8 Å². The zero-order chi connectivity index (χ0) is 21.2. The summed E-state index contributed by atoms with van der Waals surface area (Å²) in [5.41, 5.74) is 1.56. The van der Waals surface area contributed by atoms with Gasteiger partial charge in [0.15, 0.2) is 0 Å². The molecule has 3 amide bonds. The zero-order valence-corrected chi connectivity index (χ0v) is 16.4. The van der Waals surface area contributed by atoms with Crippen LogP contribution in [0.2, 0.25) is 0 Å². The molecule has 0 aliphatic heterocycles. The average Bonchev–Trinajstić information content (AvgIpc) is 2.82. The van der Waals surface area contributed by atoms with Gasteiger partial charge in [-0.1, -0.05) is 54.6 Å². The Labute approximate surface area is 175 Å². The molecule has 6 heteroatoms. The average molecular weight is 401 g/mol. The quantitative estimate of drug-likeness (QED) is 0.542. The molecule has 0 saturated heterocycles. The summed E-state index contributed by atoms with van der Waals surface area (Å²) in [6.45, 7) is 0.336. The SMILES string of the molecule is O=C(NCC(CNC(=O)c1ccccc1)NC(=O)c1ccccc1)c1ccccc1. The van der Waals surface area contributed by atoms with Crippen molar-refractivity contribution >= 4 is 17.7 Å². The van der Waals surface area contributed by atoms with Crippen molar-refractivity contribution in [3.8, 4) is 0 Å². The number of rotatable bonds is 8. The molecule has 3 N–H and O–H groups in total. The maximum atomic E-state index is 12.5. The molecule has 0 spiro atoms. The van der Waals surface area contributed by atoms with Crippen molar-refractivity contribution in [2.75, 3.05) is 13.1 Å². The molecule has 0 bridgehead atoms. The molecular weight excluding hydrogens is 378 g/mol. The lowest BCUT2D eigenvalue weighted by Crippen LogP contribution is -2.50. The number of amides is 3. The Bertz CT molecular complexity index is 921. The molecule has 30 heavy (non-hydrogen) atoms. The van der Waals surface area contributed by atoms with Crippen LogP contribution in [0, 0.1) is 0 Å². The second-order valence-electron chi connectivity index (χ2n) is 6.69. The summed E-state index contributed by atoms with van der Waals surface area (Å²) in [5.74, 6) is -0.767. The third kappa shape index (κ3) is 6.04. The molecule has 0 atom stereocenters. The van der Waals surface area contributed by atoms with Crippen LogP contribution in [-0.4, -0.2) is 36.9 Å². The molecular formula is C24H23N3O3. The normalized spacial score (nSPS) is 10.3. The molecule has 3 aromatic carbocycles. The first-order chi connectivity index (χ1) is 14.6. The largest absolute Gasteiger partial charge is 0.350 e. The van der Waals surface area contributed by atoms with Crippen LogP contribution in [-0.2, 0) is 0 Å². The molecule has 0 aliphatic carbocycles. The summed E-state index contributed by atoms with van der Waals surface area (Å²) in [7, 11) is 0. The second-order valence-corrected chi connectivity index (χ2v) is 6.69. The second kappa shape index (κ2) is 10.6. The molecule has 0 saturated carbocycles. The van der Waals surface area contributed by atoms with E-state index < -0.39 is 6.04 Å². The maximum absolute atomic E-state index is 12.5. The van der Waals surface area contributed by atoms with E-state index in [4.69, 9.17) is 0 Å². The van der Waals surface area contributed by atoms with E-state index in [2.05, 4.69) is 16.0 Å². The lowest BCUT2D eigenvalue weighted by atomic mass is 10.1. The summed E-state index contributed by atoms with van der Waals surface area (Å²) in [4.78, 5) is 37.3. The van der Waals surface area contributed by atoms with Crippen molar-refractivity contribution in [2.45, 2.75) is 6.04 Å². The van der Waals surface area contributed by atoms with E-state index in [1.165, 1.54) is 0 Å². The Morgan fingerprint density at radius 2 is 0.867 bits per heavy atom. The van der Waals surface area contributed by atoms with Crippen LogP contribution in [0.5, 0.6) is 0 Å². The molecule has 152 valence electrons. The van der Waals surface area contributed by atoms with Crippen molar-refractivity contribution < 1.29 is 14.4 Å². The highest BCUT2D eigenvalue weighted by molar-refractivity contribution is 5.96. The lowest BCUT2D eigenvalue weighted by Gasteiger charge is -2.20. The van der Waals surface area contributed by atoms with Gasteiger partial charge >= 0.3 is 0 Å². The Balaban J connectivity index is 1.63. The fourth-order valence-corrected chi connectivity index (χ4v) is 2.85. The van der Waals surface area contributed by atoms with Gasteiger partial charge < -0.3 is 16.0 Å². The number of hydrogen-bond acceptors (Lipinski definition) is 3. The van der Waals surface area contributed by atoms with E-state index >= 15 is 0 Å². The van der Waals surface area contributed by atoms with Crippen LogP contribution < -0.4 is 16.0 Å². The first kappa shape index (κ1) is 20.8. The summed E-state index contributed by atoms with van der Waals surface area (Å²) >= 11 is 0. The Morgan fingerprint density at radius 3 is 1.23 bits per heavy atom. The Hall–Kier alpha value is -3.93. The molecule has 0 unspecified atom stereocenters. The maximum Gasteiger partial charge on any atom is 0.251 e. The molecule has 3 rings (SSSR count). The summed E-state index contributed by atoms with van der Waals surface area (Å²) in [6, 6.07) is 25.9. The van der Waals surface area contributed by atoms with Gasteiger partial charge in [-0.3, -0.25) is 14.4 Å². The van der Waals surface area contributed by atoms with Gasteiger partial charge in [-0.15, -0.1) is 0 Å². The molecule has 0 aromatic heterocycles. The highest BCUT2D eigenvalue weighted by Crippen LogP contribution is 2.01. The summed E-state index contributed by atoms with van der Waals surface area (Å²) in [6.07, 6.45) is 0. The fourth-order valence-electron chi connectivity index (χ4n) is 2.85. The predicted molar refractivity (Wildman–Crippen MR) is 115 cm³/mol. The van der Waals surface area contributed by atoms with Crippen LogP contribution in [0.15, 0.2) is 91.0 Å². The lowest BCUT2D eigenvalue weighted by molar-refractivity contribution is 0.0893. The van der Waals surface area contributed by atoms with E-state index in [0.717, 1.165) is 0 Å². The number of carbonyl (C=O) groups excluding carboxylic acids is 3. The number of benzene rings is 3. The third-order valence-corrected chi connectivity index (χ3v) is 4.46. The predicted octanol–water partition coefficient (Wildman–Crippen LogP) is 2.65. The first-order valence-corrected chi connectivity index (χ1v) is 9.66. The van der Waals surface area contributed by atoms with Crippen LogP contribution in [0.25, 0.3) is 0 Å². The minimum absolute atomic E-state index is 0.168. The van der Waals surface area contributed by atoms with Gasteiger partial charge in [0.2, 0.25) is 0 Å². The highest BCUT2D eigenvalue weighted by atomic mass is 16.2. The molecule has 0 radical (unpaired) electrons.